The first-order valence-corrected chi connectivity index (χ1v) is 19.2. The molecule has 0 amide bonds. The van der Waals surface area contributed by atoms with E-state index < -0.39 is 24.4 Å². The Labute approximate surface area is 376 Å². The van der Waals surface area contributed by atoms with Gasteiger partial charge >= 0.3 is 0 Å². The lowest BCUT2D eigenvalue weighted by Gasteiger charge is -2.37. The maximum absolute atomic E-state index is 8.08. The molecule has 0 spiro atoms. The first kappa shape index (κ1) is 67.5. The molecule has 0 aromatic rings. The van der Waals surface area contributed by atoms with Gasteiger partial charge in [0, 0.05) is 0 Å². The van der Waals surface area contributed by atoms with E-state index >= 15 is 0 Å². The van der Waals surface area contributed by atoms with Crippen LogP contribution in [0, 0.1) is 0 Å². The minimum absolute atomic E-state index is 0. The molecule has 6 saturated heterocycles. The van der Waals surface area contributed by atoms with Gasteiger partial charge in [0.25, 0.3) is 0 Å². The fraction of sp³-hybridized carbons (Fsp3) is 0.955. The summed E-state index contributed by atoms with van der Waals surface area (Å²) in [5, 5.41) is 8.08. The lowest BCUT2D eigenvalue weighted by Crippen LogP contribution is -2.52. The van der Waals surface area contributed by atoms with Crippen LogP contribution >= 0.6 is 0 Å². The highest BCUT2D eigenvalue weighted by Crippen LogP contribution is 2.21. The molecule has 378 valence electrons. The van der Waals surface area contributed by atoms with Gasteiger partial charge in [0.15, 0.2) is 6.10 Å². The first-order valence-electron chi connectivity index (χ1n) is 19.2. The largest absolute Gasteiger partial charge is 0.493 e. The zero-order valence-electron chi connectivity index (χ0n) is 31.4. The fourth-order valence-electron chi connectivity index (χ4n) is 4.84. The van der Waals surface area contributed by atoms with Gasteiger partial charge in [-0.2, -0.15) is 0 Å². The van der Waals surface area contributed by atoms with Crippen molar-refractivity contribution in [3.05, 3.63) is 12.8 Å². The highest BCUT2D eigenvalue weighted by atomic mass is 16.6. The SMILES string of the molecule is C.C.C.C.C.C.C.C.C=COC(C(COCCOCC1CO1)OCCOCC1CO1)C(OCCOCC1CO1)C(COCCOCC1CO1)OCCOCC1CO1.OCC1CO1. The van der Waals surface area contributed by atoms with Crippen molar-refractivity contribution >= 4 is 0 Å². The average Bonchev–Trinajstić information content (AvgIpc) is 3.95. The zero-order chi connectivity index (χ0) is 37.5. The molecule has 6 aliphatic rings. The highest BCUT2D eigenvalue weighted by Gasteiger charge is 2.39. The summed E-state index contributed by atoms with van der Waals surface area (Å²) in [6, 6.07) is 0. The van der Waals surface area contributed by atoms with Gasteiger partial charge in [-0.25, -0.2) is 0 Å². The van der Waals surface area contributed by atoms with Gasteiger partial charge in [-0.05, 0) is 0 Å². The third kappa shape index (κ3) is 34.2. The molecule has 0 aromatic heterocycles. The topological polar surface area (TPSA) is 197 Å². The molecule has 10 atom stereocenters. The molecular weight excluding hydrogens is 816 g/mol. The van der Waals surface area contributed by atoms with Crippen molar-refractivity contribution in [3.8, 4) is 0 Å². The monoisotopic (exact) mass is 911 g/mol. The Hall–Kier alpha value is -1.14. The quantitative estimate of drug-likeness (QED) is 0.0524. The van der Waals surface area contributed by atoms with E-state index in [0.29, 0.717) is 99.1 Å². The standard InChI is InChI=1S/C33H56O16.C3H6O2.8CH4/c1-2-41-32(30(42-10-7-36-15-27-20-47-27)23-39-5-3-34-13-25-18-45-25)33(44-12-9-38-17-29-22-49-29)31(43-11-8-37-16-28-21-48-28)24-40-6-4-35-14-26-19-46-26;4-1-3-2-5-3;;;;;;;;/h2,25-33H,1,3-24H2;3-4H,1-2H2;8*1H4. The summed E-state index contributed by atoms with van der Waals surface area (Å²) in [4.78, 5) is 0. The van der Waals surface area contributed by atoms with Gasteiger partial charge in [-0.15, -0.1) is 0 Å². The summed E-state index contributed by atoms with van der Waals surface area (Å²) in [7, 11) is 0. The van der Waals surface area contributed by atoms with Crippen molar-refractivity contribution in [2.75, 3.05) is 159 Å². The van der Waals surface area contributed by atoms with Crippen molar-refractivity contribution in [3.63, 3.8) is 0 Å². The summed E-state index contributed by atoms with van der Waals surface area (Å²) in [5.41, 5.74) is 0. The van der Waals surface area contributed by atoms with Crippen LogP contribution in [-0.2, 0) is 80.5 Å². The van der Waals surface area contributed by atoms with Crippen molar-refractivity contribution in [1.82, 2.24) is 0 Å². The van der Waals surface area contributed by atoms with Crippen LogP contribution in [0.15, 0.2) is 12.8 Å². The molecule has 0 bridgehead atoms. The minimum Gasteiger partial charge on any atom is -0.493 e. The van der Waals surface area contributed by atoms with Crippen molar-refractivity contribution in [2.24, 2.45) is 0 Å². The number of epoxide rings is 6. The molecule has 18 nitrogen and oxygen atoms in total. The average molecular weight is 911 g/mol. The zero-order valence-corrected chi connectivity index (χ0v) is 31.4. The maximum atomic E-state index is 8.08. The predicted molar refractivity (Wildman–Crippen MR) is 239 cm³/mol. The second kappa shape index (κ2) is 41.3. The molecule has 6 heterocycles. The van der Waals surface area contributed by atoms with E-state index in [1.54, 1.807) is 0 Å². The highest BCUT2D eigenvalue weighted by molar-refractivity contribution is 4.88. The molecule has 0 saturated carbocycles. The molecule has 62 heavy (non-hydrogen) atoms. The molecule has 0 aliphatic carbocycles. The second-order valence-corrected chi connectivity index (χ2v) is 13.4. The number of aliphatic hydroxyl groups excluding tert-OH is 1. The van der Waals surface area contributed by atoms with Crippen LogP contribution in [0.1, 0.15) is 59.4 Å². The Kier molecular flexibility index (Phi) is 44.9. The van der Waals surface area contributed by atoms with E-state index in [1.807, 2.05) is 0 Å². The minimum atomic E-state index is -0.700. The van der Waals surface area contributed by atoms with Crippen LogP contribution in [0.2, 0.25) is 0 Å². The number of hydrogen-bond acceptors (Lipinski definition) is 18. The second-order valence-electron chi connectivity index (χ2n) is 13.4. The maximum Gasteiger partial charge on any atom is 0.155 e. The Morgan fingerprint density at radius 1 is 0.403 bits per heavy atom. The Morgan fingerprint density at radius 3 is 0.952 bits per heavy atom. The molecule has 1 N–H and O–H groups in total. The number of rotatable bonds is 38. The summed E-state index contributed by atoms with van der Waals surface area (Å²) in [5.74, 6) is 0. The summed E-state index contributed by atoms with van der Waals surface area (Å²) < 4.78 is 96.8. The molecule has 10 unspecified atom stereocenters. The Morgan fingerprint density at radius 2 is 0.677 bits per heavy atom. The lowest BCUT2D eigenvalue weighted by atomic mass is 10.0. The van der Waals surface area contributed by atoms with Crippen molar-refractivity contribution in [1.29, 1.82) is 0 Å². The molecule has 6 aliphatic heterocycles. The van der Waals surface area contributed by atoms with E-state index in [4.69, 9.17) is 80.9 Å². The van der Waals surface area contributed by atoms with E-state index in [1.165, 1.54) is 6.26 Å². The van der Waals surface area contributed by atoms with Gasteiger partial charge in [0.2, 0.25) is 0 Å². The summed E-state index contributed by atoms with van der Waals surface area (Å²) in [6.07, 6.45) is -0.138. The normalized spacial score (nSPS) is 24.3. The van der Waals surface area contributed by atoms with Crippen molar-refractivity contribution < 1.29 is 85.6 Å². The Bertz CT molecular complexity index is 947. The molecule has 0 radical (unpaired) electrons. The van der Waals surface area contributed by atoms with E-state index in [0.717, 1.165) is 33.0 Å². The Balaban J connectivity index is -0.00000121. The third-order valence-electron chi connectivity index (χ3n) is 8.41. The predicted octanol–water partition coefficient (Wildman–Crippen LogP) is 4.25. The van der Waals surface area contributed by atoms with Crippen LogP contribution < -0.4 is 0 Å². The third-order valence-corrected chi connectivity index (χ3v) is 8.41. The van der Waals surface area contributed by atoms with Gasteiger partial charge in [-0.1, -0.05) is 66.0 Å². The van der Waals surface area contributed by atoms with Gasteiger partial charge in [-0.3, -0.25) is 0 Å². The molecule has 18 heteroatoms. The van der Waals surface area contributed by atoms with Crippen LogP contribution in [-0.4, -0.2) is 225 Å². The van der Waals surface area contributed by atoms with Crippen LogP contribution in [0.25, 0.3) is 0 Å². The lowest BCUT2D eigenvalue weighted by molar-refractivity contribution is -0.191. The van der Waals surface area contributed by atoms with Crippen LogP contribution in [0.5, 0.6) is 0 Å². The van der Waals surface area contributed by atoms with E-state index in [2.05, 4.69) is 11.3 Å². The molecular formula is C44H94O18. The summed E-state index contributed by atoms with van der Waals surface area (Å²) >= 11 is 0. The van der Waals surface area contributed by atoms with Crippen LogP contribution in [0.4, 0.5) is 0 Å². The van der Waals surface area contributed by atoms with Gasteiger partial charge in [0.05, 0.1) is 165 Å². The fourth-order valence-corrected chi connectivity index (χ4v) is 4.84. The van der Waals surface area contributed by atoms with Crippen LogP contribution in [0.3, 0.4) is 0 Å². The van der Waals surface area contributed by atoms with E-state index in [-0.39, 0.29) is 122 Å². The number of aliphatic hydroxyl groups is 1. The number of hydrogen-bond donors (Lipinski definition) is 1. The number of ether oxygens (including phenoxy) is 17. The summed E-state index contributed by atoms with van der Waals surface area (Å²) in [6.45, 7) is 15.0. The van der Waals surface area contributed by atoms with Gasteiger partial charge < -0.3 is 85.6 Å². The van der Waals surface area contributed by atoms with E-state index in [9.17, 15) is 0 Å². The van der Waals surface area contributed by atoms with Crippen molar-refractivity contribution in [2.45, 2.75) is 120 Å². The molecule has 6 fully saturated rings. The first-order chi connectivity index (χ1) is 26.7. The smallest absolute Gasteiger partial charge is 0.155 e. The molecule has 6 rings (SSSR count). The molecule has 0 aromatic carbocycles. The van der Waals surface area contributed by atoms with Gasteiger partial charge in [0.1, 0.15) is 54.9 Å².